The minimum Gasteiger partial charge on any atom is -0.308 e. The van der Waals surface area contributed by atoms with E-state index in [4.69, 9.17) is 0 Å². The third-order valence-electron chi connectivity index (χ3n) is 3.66. The predicted octanol–water partition coefficient (Wildman–Crippen LogP) is 3.73. The summed E-state index contributed by atoms with van der Waals surface area (Å²) in [5, 5.41) is 3.52. The van der Waals surface area contributed by atoms with Gasteiger partial charge in [0.1, 0.15) is 0 Å². The first-order valence-electron chi connectivity index (χ1n) is 7.66. The summed E-state index contributed by atoms with van der Waals surface area (Å²) in [5.74, 6) is 0. The van der Waals surface area contributed by atoms with Gasteiger partial charge in [-0.25, -0.2) is 0 Å². The number of hydrogen-bond donors (Lipinski definition) is 1. The van der Waals surface area contributed by atoms with E-state index in [1.165, 1.54) is 24.0 Å². The Hall–Kier alpha value is -1.12. The molecule has 1 aliphatic rings. The number of nitrogens with one attached hydrogen (secondary N) is 1. The van der Waals surface area contributed by atoms with E-state index in [2.05, 4.69) is 61.8 Å². The lowest BCUT2D eigenvalue weighted by molar-refractivity contribution is 0.284. The van der Waals surface area contributed by atoms with Crippen LogP contribution in [0.5, 0.6) is 0 Å². The first kappa shape index (κ1) is 15.3. The Labute approximate surface area is 123 Å². The van der Waals surface area contributed by atoms with Crippen LogP contribution in [-0.4, -0.2) is 23.0 Å². The standard InChI is InChI=1S/C18H28N2/c1-5-12-20(17-10-11-17)14-16-8-6-15(7-9-16)13-19-18(2,3)4/h5-9,17,19H,1,10-14H2,2-4H3. The SMILES string of the molecule is C=CCN(Cc1ccc(CNC(C)(C)C)cc1)C1CC1. The summed E-state index contributed by atoms with van der Waals surface area (Å²) in [5.41, 5.74) is 2.93. The van der Waals surface area contributed by atoms with Crippen LogP contribution in [0.1, 0.15) is 44.7 Å². The highest BCUT2D eigenvalue weighted by Crippen LogP contribution is 2.28. The van der Waals surface area contributed by atoms with Crippen molar-refractivity contribution in [1.82, 2.24) is 10.2 Å². The Kier molecular flexibility index (Phi) is 5.00. The highest BCUT2D eigenvalue weighted by Gasteiger charge is 2.27. The second kappa shape index (κ2) is 6.55. The molecular formula is C18H28N2. The molecule has 0 atom stereocenters. The minimum absolute atomic E-state index is 0.172. The Bertz CT molecular complexity index is 424. The van der Waals surface area contributed by atoms with Crippen molar-refractivity contribution in [2.75, 3.05) is 6.54 Å². The molecule has 0 aromatic heterocycles. The van der Waals surface area contributed by atoms with Crippen LogP contribution < -0.4 is 5.32 Å². The maximum absolute atomic E-state index is 3.86. The smallest absolute Gasteiger partial charge is 0.0239 e. The van der Waals surface area contributed by atoms with Gasteiger partial charge in [0.15, 0.2) is 0 Å². The van der Waals surface area contributed by atoms with E-state index in [1.54, 1.807) is 0 Å². The van der Waals surface area contributed by atoms with Gasteiger partial charge >= 0.3 is 0 Å². The van der Waals surface area contributed by atoms with Crippen LogP contribution in [0.15, 0.2) is 36.9 Å². The summed E-state index contributed by atoms with van der Waals surface area (Å²) in [6.45, 7) is 13.4. The highest BCUT2D eigenvalue weighted by atomic mass is 15.2. The van der Waals surface area contributed by atoms with E-state index in [0.717, 1.165) is 25.7 Å². The second-order valence-corrected chi connectivity index (χ2v) is 6.87. The topological polar surface area (TPSA) is 15.3 Å². The molecule has 0 heterocycles. The minimum atomic E-state index is 0.172. The zero-order chi connectivity index (χ0) is 14.6. The van der Waals surface area contributed by atoms with Gasteiger partial charge in [-0.1, -0.05) is 30.3 Å². The molecule has 0 radical (unpaired) electrons. The van der Waals surface area contributed by atoms with Crippen LogP contribution in [0.4, 0.5) is 0 Å². The fourth-order valence-electron chi connectivity index (χ4n) is 2.31. The van der Waals surface area contributed by atoms with Crippen molar-refractivity contribution in [3.05, 3.63) is 48.0 Å². The Morgan fingerprint density at radius 2 is 1.80 bits per heavy atom. The normalized spacial score (nSPS) is 15.6. The quantitative estimate of drug-likeness (QED) is 0.761. The van der Waals surface area contributed by atoms with Gasteiger partial charge in [0.2, 0.25) is 0 Å². The Morgan fingerprint density at radius 3 is 2.30 bits per heavy atom. The molecule has 0 bridgehead atoms. The highest BCUT2D eigenvalue weighted by molar-refractivity contribution is 5.23. The van der Waals surface area contributed by atoms with E-state index in [9.17, 15) is 0 Å². The molecule has 0 saturated heterocycles. The number of hydrogen-bond acceptors (Lipinski definition) is 2. The first-order valence-corrected chi connectivity index (χ1v) is 7.66. The molecule has 0 amide bonds. The van der Waals surface area contributed by atoms with Crippen molar-refractivity contribution in [3.63, 3.8) is 0 Å². The second-order valence-electron chi connectivity index (χ2n) is 6.87. The van der Waals surface area contributed by atoms with Gasteiger partial charge in [-0.05, 0) is 44.7 Å². The summed E-state index contributed by atoms with van der Waals surface area (Å²) in [6, 6.07) is 9.80. The number of rotatable bonds is 7. The van der Waals surface area contributed by atoms with Gasteiger partial charge in [0.25, 0.3) is 0 Å². The van der Waals surface area contributed by atoms with Gasteiger partial charge in [-0.15, -0.1) is 6.58 Å². The van der Waals surface area contributed by atoms with Crippen LogP contribution in [0.25, 0.3) is 0 Å². The van der Waals surface area contributed by atoms with Crippen LogP contribution in [0.3, 0.4) is 0 Å². The molecule has 1 fully saturated rings. The predicted molar refractivity (Wildman–Crippen MR) is 86.7 cm³/mol. The lowest BCUT2D eigenvalue weighted by Crippen LogP contribution is -2.35. The molecule has 1 N–H and O–H groups in total. The van der Waals surface area contributed by atoms with E-state index >= 15 is 0 Å². The summed E-state index contributed by atoms with van der Waals surface area (Å²) < 4.78 is 0. The third-order valence-corrected chi connectivity index (χ3v) is 3.66. The van der Waals surface area contributed by atoms with Crippen molar-refractivity contribution < 1.29 is 0 Å². The van der Waals surface area contributed by atoms with Crippen molar-refractivity contribution in [1.29, 1.82) is 0 Å². The zero-order valence-corrected chi connectivity index (χ0v) is 13.2. The maximum Gasteiger partial charge on any atom is 0.0239 e. The number of nitrogens with zero attached hydrogens (tertiary/aromatic N) is 1. The van der Waals surface area contributed by atoms with Crippen molar-refractivity contribution >= 4 is 0 Å². The van der Waals surface area contributed by atoms with Crippen LogP contribution in [-0.2, 0) is 13.1 Å². The summed E-state index contributed by atoms with van der Waals surface area (Å²) in [4.78, 5) is 2.52. The molecule has 0 spiro atoms. The lowest BCUT2D eigenvalue weighted by atomic mass is 10.1. The van der Waals surface area contributed by atoms with Crippen LogP contribution in [0, 0.1) is 0 Å². The van der Waals surface area contributed by atoms with Gasteiger partial charge in [-0.2, -0.15) is 0 Å². The molecule has 2 heteroatoms. The summed E-state index contributed by atoms with van der Waals surface area (Å²) in [7, 11) is 0. The van der Waals surface area contributed by atoms with Gasteiger partial charge in [0.05, 0.1) is 0 Å². The molecule has 1 aliphatic carbocycles. The van der Waals surface area contributed by atoms with E-state index in [0.29, 0.717) is 0 Å². The average Bonchev–Trinajstić information content (AvgIpc) is 3.21. The fourth-order valence-corrected chi connectivity index (χ4v) is 2.31. The summed E-state index contributed by atoms with van der Waals surface area (Å²) >= 11 is 0. The molecule has 0 aliphatic heterocycles. The van der Waals surface area contributed by atoms with E-state index < -0.39 is 0 Å². The van der Waals surface area contributed by atoms with Crippen LogP contribution >= 0.6 is 0 Å². The summed E-state index contributed by atoms with van der Waals surface area (Å²) in [6.07, 6.45) is 4.71. The molecular weight excluding hydrogens is 244 g/mol. The monoisotopic (exact) mass is 272 g/mol. The molecule has 20 heavy (non-hydrogen) atoms. The largest absolute Gasteiger partial charge is 0.308 e. The van der Waals surface area contributed by atoms with E-state index in [-0.39, 0.29) is 5.54 Å². The van der Waals surface area contributed by atoms with Crippen molar-refractivity contribution in [3.8, 4) is 0 Å². The molecule has 1 aromatic rings. The van der Waals surface area contributed by atoms with Gasteiger partial charge < -0.3 is 5.32 Å². The Morgan fingerprint density at radius 1 is 1.20 bits per heavy atom. The van der Waals surface area contributed by atoms with Crippen molar-refractivity contribution in [2.45, 2.75) is 58.3 Å². The molecule has 2 nitrogen and oxygen atoms in total. The van der Waals surface area contributed by atoms with Crippen LogP contribution in [0.2, 0.25) is 0 Å². The van der Waals surface area contributed by atoms with Gasteiger partial charge in [0, 0.05) is 31.2 Å². The molecule has 110 valence electrons. The van der Waals surface area contributed by atoms with E-state index in [1.807, 2.05) is 6.08 Å². The lowest BCUT2D eigenvalue weighted by Gasteiger charge is -2.21. The molecule has 2 rings (SSSR count). The molecule has 1 saturated carbocycles. The zero-order valence-electron chi connectivity index (χ0n) is 13.2. The average molecular weight is 272 g/mol. The van der Waals surface area contributed by atoms with Crippen molar-refractivity contribution in [2.24, 2.45) is 0 Å². The molecule has 0 unspecified atom stereocenters. The fraction of sp³-hybridized carbons (Fsp3) is 0.556. The maximum atomic E-state index is 3.86. The first-order chi connectivity index (χ1) is 9.48. The number of benzene rings is 1. The Balaban J connectivity index is 1.88. The molecule has 1 aromatic carbocycles. The third kappa shape index (κ3) is 5.10. The van der Waals surface area contributed by atoms with Gasteiger partial charge in [-0.3, -0.25) is 4.90 Å².